The van der Waals surface area contributed by atoms with Crippen molar-refractivity contribution in [1.82, 2.24) is 19.9 Å². The number of ether oxygens (including phenoxy) is 1. The van der Waals surface area contributed by atoms with Crippen LogP contribution in [0.4, 0.5) is 28.8 Å². The van der Waals surface area contributed by atoms with Crippen molar-refractivity contribution in [1.29, 1.82) is 0 Å². The molecule has 3 N–H and O–H groups in total. The third kappa shape index (κ3) is 4.40. The average Bonchev–Trinajstić information content (AvgIpc) is 3.65. The Balaban J connectivity index is 1.15. The van der Waals surface area contributed by atoms with Crippen LogP contribution in [0.5, 0.6) is 5.75 Å². The van der Waals surface area contributed by atoms with Crippen molar-refractivity contribution in [3.05, 3.63) is 54.7 Å². The number of aromatic nitrogens is 3. The molecule has 2 aromatic carbocycles. The summed E-state index contributed by atoms with van der Waals surface area (Å²) >= 11 is 0. The SMILES string of the molecule is CP(C)(=O)c1ccccc1Nc1nc(Nc2ccc3c(c2)OC[C@H]2CN(C4CC4)CCN32)nc2[nH]ccc12. The molecule has 0 radical (unpaired) electrons. The molecule has 4 heterocycles. The second kappa shape index (κ2) is 9.03. The van der Waals surface area contributed by atoms with E-state index in [0.29, 0.717) is 30.1 Å². The lowest BCUT2D eigenvalue weighted by Crippen LogP contribution is -2.57. The summed E-state index contributed by atoms with van der Waals surface area (Å²) in [6, 6.07) is 17.1. The van der Waals surface area contributed by atoms with E-state index in [9.17, 15) is 4.57 Å². The number of para-hydroxylation sites is 1. The van der Waals surface area contributed by atoms with Crippen molar-refractivity contribution in [3.63, 3.8) is 0 Å². The molecule has 10 heteroatoms. The van der Waals surface area contributed by atoms with Gasteiger partial charge >= 0.3 is 0 Å². The molecule has 2 aliphatic heterocycles. The first kappa shape index (κ1) is 23.6. The van der Waals surface area contributed by atoms with Gasteiger partial charge in [-0.3, -0.25) is 4.90 Å². The lowest BCUT2D eigenvalue weighted by molar-refractivity contribution is 0.161. The number of hydrogen-bond donors (Lipinski definition) is 3. The van der Waals surface area contributed by atoms with E-state index in [1.54, 1.807) is 13.3 Å². The highest BCUT2D eigenvalue weighted by molar-refractivity contribution is 7.70. The molecule has 4 aromatic rings. The first-order valence-electron chi connectivity index (χ1n) is 13.2. The van der Waals surface area contributed by atoms with Crippen LogP contribution in [0.15, 0.2) is 54.7 Å². The lowest BCUT2D eigenvalue weighted by atomic mass is 10.1. The van der Waals surface area contributed by atoms with Crippen molar-refractivity contribution in [2.45, 2.75) is 24.9 Å². The van der Waals surface area contributed by atoms with Crippen LogP contribution in [0.25, 0.3) is 11.0 Å². The quantitative estimate of drug-likeness (QED) is 0.308. The van der Waals surface area contributed by atoms with E-state index in [-0.39, 0.29) is 0 Å². The van der Waals surface area contributed by atoms with Crippen molar-refractivity contribution >= 4 is 52.3 Å². The fraction of sp³-hybridized carbons (Fsp3) is 0.357. The molecule has 0 amide bonds. The first-order valence-corrected chi connectivity index (χ1v) is 15.8. The van der Waals surface area contributed by atoms with Crippen molar-refractivity contribution in [3.8, 4) is 5.75 Å². The molecule has 9 nitrogen and oxygen atoms in total. The van der Waals surface area contributed by atoms with Gasteiger partial charge in [0.15, 0.2) is 0 Å². The topological polar surface area (TPSA) is 98.4 Å². The van der Waals surface area contributed by atoms with E-state index in [1.807, 2.05) is 42.6 Å². The monoisotopic (exact) mass is 529 g/mol. The molecule has 1 atom stereocenters. The van der Waals surface area contributed by atoms with E-state index in [2.05, 4.69) is 42.5 Å². The second-order valence-corrected chi connectivity index (χ2v) is 14.0. The third-order valence-corrected chi connectivity index (χ3v) is 9.24. The van der Waals surface area contributed by atoms with Crippen LogP contribution in [-0.4, -0.2) is 71.5 Å². The Morgan fingerprint density at radius 2 is 1.89 bits per heavy atom. The van der Waals surface area contributed by atoms with E-state index >= 15 is 0 Å². The number of nitrogens with one attached hydrogen (secondary N) is 3. The minimum absolute atomic E-state index is 0.410. The predicted molar refractivity (Wildman–Crippen MR) is 154 cm³/mol. The summed E-state index contributed by atoms with van der Waals surface area (Å²) in [7, 11) is -2.48. The van der Waals surface area contributed by atoms with Crippen LogP contribution < -0.4 is 25.6 Å². The van der Waals surface area contributed by atoms with Gasteiger partial charge in [-0.25, -0.2) is 0 Å². The Labute approximate surface area is 222 Å². The molecule has 2 aromatic heterocycles. The van der Waals surface area contributed by atoms with Crippen LogP contribution in [0.1, 0.15) is 12.8 Å². The molecule has 2 fully saturated rings. The zero-order chi connectivity index (χ0) is 25.9. The Bertz CT molecular complexity index is 1560. The number of fused-ring (bicyclic) bond motifs is 4. The number of aromatic amines is 1. The standard InChI is InChI=1S/C28H32N7O2P/c1-38(2,36)25-6-4-3-5-22(25)31-27-21-11-12-29-26(21)32-28(33-27)30-18-7-10-23-24(15-18)37-17-20-16-34(19-8-9-19)13-14-35(20)23/h3-7,10-12,15,19-20H,8-9,13-14,16-17H2,1-2H3,(H3,29,30,31,32,33)/t20-/m1/s1. The Hall–Kier alpha value is -3.55. The molecule has 1 saturated heterocycles. The van der Waals surface area contributed by atoms with Crippen molar-refractivity contribution < 1.29 is 9.30 Å². The first-order chi connectivity index (χ1) is 18.4. The Kier molecular flexibility index (Phi) is 5.60. The number of hydrogen-bond acceptors (Lipinski definition) is 8. The van der Waals surface area contributed by atoms with Gasteiger partial charge in [0.25, 0.3) is 0 Å². The molecule has 38 heavy (non-hydrogen) atoms. The van der Waals surface area contributed by atoms with Crippen molar-refractivity contribution in [2.75, 3.05) is 55.1 Å². The molecule has 196 valence electrons. The number of H-pyrrole nitrogens is 1. The highest BCUT2D eigenvalue weighted by Gasteiger charge is 2.38. The zero-order valence-corrected chi connectivity index (χ0v) is 22.5. The third-order valence-electron chi connectivity index (χ3n) is 7.69. The van der Waals surface area contributed by atoms with Gasteiger partial charge in [-0.2, -0.15) is 9.97 Å². The van der Waals surface area contributed by atoms with Gasteiger partial charge in [0, 0.05) is 48.9 Å². The fourth-order valence-corrected chi connectivity index (χ4v) is 6.79. The highest BCUT2D eigenvalue weighted by atomic mass is 31.2. The smallest absolute Gasteiger partial charge is 0.231 e. The minimum Gasteiger partial charge on any atom is -0.489 e. The number of nitrogens with zero attached hydrogens (tertiary/aromatic N) is 4. The fourth-order valence-electron chi connectivity index (χ4n) is 5.64. The summed E-state index contributed by atoms with van der Waals surface area (Å²) in [6.45, 7) is 7.50. The summed E-state index contributed by atoms with van der Waals surface area (Å²) in [5, 5.41) is 8.43. The summed E-state index contributed by atoms with van der Waals surface area (Å²) in [6.07, 6.45) is 4.53. The van der Waals surface area contributed by atoms with E-state index in [1.165, 1.54) is 12.8 Å². The van der Waals surface area contributed by atoms with Crippen LogP contribution in [-0.2, 0) is 4.57 Å². The van der Waals surface area contributed by atoms with Gasteiger partial charge in [-0.1, -0.05) is 12.1 Å². The zero-order valence-electron chi connectivity index (χ0n) is 21.6. The Morgan fingerprint density at radius 3 is 2.74 bits per heavy atom. The maximum Gasteiger partial charge on any atom is 0.231 e. The number of rotatable bonds is 6. The minimum atomic E-state index is -2.48. The van der Waals surface area contributed by atoms with Gasteiger partial charge < -0.3 is 29.8 Å². The molecule has 7 rings (SSSR count). The Morgan fingerprint density at radius 1 is 1.03 bits per heavy atom. The largest absolute Gasteiger partial charge is 0.489 e. The molecule has 1 aliphatic carbocycles. The number of piperazine rings is 1. The summed E-state index contributed by atoms with van der Waals surface area (Å²) < 4.78 is 19.1. The molecular weight excluding hydrogens is 497 g/mol. The molecular formula is C28H32N7O2P. The van der Waals surface area contributed by atoms with E-state index in [0.717, 1.165) is 59.2 Å². The van der Waals surface area contributed by atoms with E-state index < -0.39 is 7.14 Å². The summed E-state index contributed by atoms with van der Waals surface area (Å²) in [5.74, 6) is 1.99. The van der Waals surface area contributed by atoms with Gasteiger partial charge in [0.2, 0.25) is 5.95 Å². The van der Waals surface area contributed by atoms with Crippen LogP contribution >= 0.6 is 7.14 Å². The normalized spacial score (nSPS) is 19.5. The predicted octanol–water partition coefficient (Wildman–Crippen LogP) is 4.74. The summed E-state index contributed by atoms with van der Waals surface area (Å²) in [4.78, 5) is 17.8. The van der Waals surface area contributed by atoms with Crippen LogP contribution in [0.3, 0.4) is 0 Å². The number of benzene rings is 2. The molecule has 3 aliphatic rings. The van der Waals surface area contributed by atoms with Crippen LogP contribution in [0, 0.1) is 0 Å². The van der Waals surface area contributed by atoms with Gasteiger partial charge in [0.05, 0.1) is 22.8 Å². The maximum atomic E-state index is 12.9. The molecule has 0 bridgehead atoms. The van der Waals surface area contributed by atoms with E-state index in [4.69, 9.17) is 9.72 Å². The average molecular weight is 530 g/mol. The van der Waals surface area contributed by atoms with Crippen LogP contribution in [0.2, 0.25) is 0 Å². The maximum absolute atomic E-state index is 12.9. The highest BCUT2D eigenvalue weighted by Crippen LogP contribution is 2.40. The van der Waals surface area contributed by atoms with Gasteiger partial charge in [-0.15, -0.1) is 0 Å². The molecule has 0 unspecified atom stereocenters. The number of anilines is 5. The van der Waals surface area contributed by atoms with Crippen molar-refractivity contribution in [2.24, 2.45) is 0 Å². The van der Waals surface area contributed by atoms with Gasteiger partial charge in [-0.05, 0) is 56.5 Å². The lowest BCUT2D eigenvalue weighted by Gasteiger charge is -2.45. The second-order valence-electron chi connectivity index (χ2n) is 10.8. The summed E-state index contributed by atoms with van der Waals surface area (Å²) in [5.41, 5.74) is 3.52. The van der Waals surface area contributed by atoms with Gasteiger partial charge in [0.1, 0.15) is 31.0 Å². The molecule has 1 saturated carbocycles. The molecule has 0 spiro atoms.